The topological polar surface area (TPSA) is 84.4 Å². The molecular formula is C26H26F4N4O3. The Hall–Kier alpha value is -4.02. The molecule has 11 heteroatoms. The lowest BCUT2D eigenvalue weighted by atomic mass is 10.0. The number of nitrogens with one attached hydrogen (secondary N) is 1. The number of aromatic nitrogens is 2. The highest BCUT2D eigenvalue weighted by Crippen LogP contribution is 2.31. The van der Waals surface area contributed by atoms with Gasteiger partial charge < -0.3 is 15.0 Å². The molecule has 0 saturated heterocycles. The van der Waals surface area contributed by atoms with Crippen LogP contribution in [0.25, 0.3) is 11.1 Å². The molecule has 0 aliphatic carbocycles. The molecule has 0 radical (unpaired) electrons. The van der Waals surface area contributed by atoms with Crippen molar-refractivity contribution in [1.82, 2.24) is 20.2 Å². The van der Waals surface area contributed by atoms with Crippen molar-refractivity contribution in [2.45, 2.75) is 39.1 Å². The van der Waals surface area contributed by atoms with Gasteiger partial charge >= 0.3 is 12.3 Å². The van der Waals surface area contributed by atoms with E-state index in [1.807, 2.05) is 0 Å². The van der Waals surface area contributed by atoms with Crippen molar-refractivity contribution in [3.8, 4) is 11.1 Å². The number of hydrogen-bond donors (Lipinski definition) is 1. The summed E-state index contributed by atoms with van der Waals surface area (Å²) >= 11 is 0. The van der Waals surface area contributed by atoms with Gasteiger partial charge in [-0.25, -0.2) is 19.2 Å². The number of halogens is 4. The number of benzene rings is 2. The zero-order chi connectivity index (χ0) is 27.2. The SMILES string of the molecule is CC(C)(C)OC(=O)NCCN(Cc1ncccn1)C(=O)c1cc(-c2ccc(C(F)(F)F)cc2)ccc1F. The van der Waals surface area contributed by atoms with Crippen LogP contribution in [0.15, 0.2) is 60.9 Å². The van der Waals surface area contributed by atoms with Gasteiger partial charge in [0.2, 0.25) is 0 Å². The highest BCUT2D eigenvalue weighted by molar-refractivity contribution is 5.95. The van der Waals surface area contributed by atoms with Crippen LogP contribution in [-0.2, 0) is 17.5 Å². The molecule has 7 nitrogen and oxygen atoms in total. The van der Waals surface area contributed by atoms with E-state index in [0.29, 0.717) is 17.0 Å². The van der Waals surface area contributed by atoms with Crippen molar-refractivity contribution in [2.75, 3.05) is 13.1 Å². The Kier molecular flexibility index (Phi) is 8.46. The Balaban J connectivity index is 1.83. The monoisotopic (exact) mass is 518 g/mol. The lowest BCUT2D eigenvalue weighted by Crippen LogP contribution is -2.40. The van der Waals surface area contributed by atoms with E-state index in [0.717, 1.165) is 18.2 Å². The van der Waals surface area contributed by atoms with Gasteiger partial charge in [-0.15, -0.1) is 0 Å². The number of alkyl halides is 3. The molecule has 0 aliphatic rings. The van der Waals surface area contributed by atoms with Crippen LogP contribution in [0.4, 0.5) is 22.4 Å². The molecule has 3 rings (SSSR count). The fraction of sp³-hybridized carbons (Fsp3) is 0.308. The molecule has 3 aromatic rings. The van der Waals surface area contributed by atoms with Gasteiger partial charge in [0, 0.05) is 25.5 Å². The third kappa shape index (κ3) is 7.99. The maximum Gasteiger partial charge on any atom is 0.416 e. The minimum absolute atomic E-state index is 0.00764. The number of carbonyl (C=O) groups is 2. The Labute approximate surface area is 211 Å². The lowest BCUT2D eigenvalue weighted by Gasteiger charge is -2.24. The summed E-state index contributed by atoms with van der Waals surface area (Å²) in [5.41, 5.74) is -1.07. The number of rotatable bonds is 7. The first kappa shape index (κ1) is 27.6. The lowest BCUT2D eigenvalue weighted by molar-refractivity contribution is -0.137. The number of amides is 2. The maximum atomic E-state index is 14.8. The van der Waals surface area contributed by atoms with Crippen molar-refractivity contribution < 1.29 is 31.9 Å². The predicted molar refractivity (Wildman–Crippen MR) is 128 cm³/mol. The molecule has 0 atom stereocenters. The summed E-state index contributed by atoms with van der Waals surface area (Å²) in [6.07, 6.45) is -2.17. The Morgan fingerprint density at radius 1 is 0.973 bits per heavy atom. The largest absolute Gasteiger partial charge is 0.444 e. The van der Waals surface area contributed by atoms with Crippen molar-refractivity contribution in [3.63, 3.8) is 0 Å². The molecule has 1 aromatic heterocycles. The summed E-state index contributed by atoms with van der Waals surface area (Å²) in [5.74, 6) is -1.21. The van der Waals surface area contributed by atoms with Crippen LogP contribution in [0.1, 0.15) is 42.5 Å². The molecule has 196 valence electrons. The second kappa shape index (κ2) is 11.4. The van der Waals surface area contributed by atoms with Crippen molar-refractivity contribution >= 4 is 12.0 Å². The standard InChI is InChI=1S/C26H26F4N4O3/c1-25(2,3)37-24(36)33-13-14-34(16-22-31-11-4-12-32-22)23(35)20-15-18(7-10-21(20)27)17-5-8-19(9-6-17)26(28,29)30/h4-12,15H,13-14,16H2,1-3H3,(H,33,36). The van der Waals surface area contributed by atoms with Crippen LogP contribution in [0.3, 0.4) is 0 Å². The number of ether oxygens (including phenoxy) is 1. The molecular weight excluding hydrogens is 492 g/mol. The molecule has 37 heavy (non-hydrogen) atoms. The maximum absolute atomic E-state index is 14.8. The molecule has 0 aliphatic heterocycles. The van der Waals surface area contributed by atoms with Crippen LogP contribution in [-0.4, -0.2) is 45.6 Å². The minimum atomic E-state index is -4.49. The zero-order valence-electron chi connectivity index (χ0n) is 20.5. The molecule has 0 fully saturated rings. The second-order valence-electron chi connectivity index (χ2n) is 9.09. The first-order valence-corrected chi connectivity index (χ1v) is 11.3. The fourth-order valence-electron chi connectivity index (χ4n) is 3.33. The quantitative estimate of drug-likeness (QED) is 0.420. The van der Waals surface area contributed by atoms with E-state index in [1.54, 1.807) is 26.8 Å². The van der Waals surface area contributed by atoms with Crippen LogP contribution >= 0.6 is 0 Å². The van der Waals surface area contributed by atoms with Crippen molar-refractivity contribution in [2.24, 2.45) is 0 Å². The zero-order valence-corrected chi connectivity index (χ0v) is 20.5. The summed E-state index contributed by atoms with van der Waals surface area (Å²) < 4.78 is 58.7. The van der Waals surface area contributed by atoms with Gasteiger partial charge in [-0.1, -0.05) is 18.2 Å². The number of nitrogens with zero attached hydrogens (tertiary/aromatic N) is 3. The molecule has 2 amide bonds. The van der Waals surface area contributed by atoms with E-state index in [-0.39, 0.29) is 25.2 Å². The summed E-state index contributed by atoms with van der Waals surface area (Å²) in [7, 11) is 0. The summed E-state index contributed by atoms with van der Waals surface area (Å²) in [6.45, 7) is 5.05. The molecule has 0 saturated carbocycles. The van der Waals surface area contributed by atoms with Crippen LogP contribution in [0, 0.1) is 5.82 Å². The van der Waals surface area contributed by atoms with E-state index in [2.05, 4.69) is 15.3 Å². The second-order valence-corrected chi connectivity index (χ2v) is 9.09. The molecule has 0 bridgehead atoms. The molecule has 1 N–H and O–H groups in total. The molecule has 0 unspecified atom stereocenters. The van der Waals surface area contributed by atoms with Crippen LogP contribution < -0.4 is 5.32 Å². The highest BCUT2D eigenvalue weighted by atomic mass is 19.4. The normalized spacial score (nSPS) is 11.6. The van der Waals surface area contributed by atoms with E-state index < -0.39 is 35.2 Å². The third-order valence-electron chi connectivity index (χ3n) is 5.03. The summed E-state index contributed by atoms with van der Waals surface area (Å²) in [4.78, 5) is 34.8. The Morgan fingerprint density at radius 3 is 2.19 bits per heavy atom. The van der Waals surface area contributed by atoms with Gasteiger partial charge in [0.15, 0.2) is 0 Å². The molecule has 1 heterocycles. The Bertz CT molecular complexity index is 1230. The first-order chi connectivity index (χ1) is 17.3. The van der Waals surface area contributed by atoms with Gasteiger partial charge in [0.1, 0.15) is 17.2 Å². The van der Waals surface area contributed by atoms with Crippen LogP contribution in [0.5, 0.6) is 0 Å². The van der Waals surface area contributed by atoms with Gasteiger partial charge in [-0.3, -0.25) is 4.79 Å². The highest BCUT2D eigenvalue weighted by Gasteiger charge is 2.30. The average Bonchev–Trinajstić information content (AvgIpc) is 2.82. The van der Waals surface area contributed by atoms with Crippen LogP contribution in [0.2, 0.25) is 0 Å². The fourth-order valence-corrected chi connectivity index (χ4v) is 3.33. The summed E-state index contributed by atoms with van der Waals surface area (Å²) in [6, 6.07) is 9.69. The summed E-state index contributed by atoms with van der Waals surface area (Å²) in [5, 5.41) is 2.55. The Morgan fingerprint density at radius 2 is 1.59 bits per heavy atom. The number of carbonyl (C=O) groups excluding carboxylic acids is 2. The minimum Gasteiger partial charge on any atom is -0.444 e. The number of alkyl carbamates (subject to hydrolysis) is 1. The van der Waals surface area contributed by atoms with Gasteiger partial charge in [-0.05, 0) is 62.2 Å². The van der Waals surface area contributed by atoms with Crippen molar-refractivity contribution in [3.05, 3.63) is 83.7 Å². The van der Waals surface area contributed by atoms with Gasteiger partial charge in [0.25, 0.3) is 5.91 Å². The van der Waals surface area contributed by atoms with E-state index >= 15 is 0 Å². The predicted octanol–water partition coefficient (Wildman–Crippen LogP) is 5.47. The number of hydrogen-bond acceptors (Lipinski definition) is 5. The molecule has 2 aromatic carbocycles. The first-order valence-electron chi connectivity index (χ1n) is 11.3. The van der Waals surface area contributed by atoms with Gasteiger partial charge in [-0.2, -0.15) is 13.2 Å². The molecule has 0 spiro atoms. The van der Waals surface area contributed by atoms with E-state index in [4.69, 9.17) is 4.74 Å². The third-order valence-corrected chi connectivity index (χ3v) is 5.03. The van der Waals surface area contributed by atoms with E-state index in [1.165, 1.54) is 41.6 Å². The van der Waals surface area contributed by atoms with Crippen molar-refractivity contribution in [1.29, 1.82) is 0 Å². The average molecular weight is 519 g/mol. The van der Waals surface area contributed by atoms with E-state index in [9.17, 15) is 27.2 Å². The van der Waals surface area contributed by atoms with Gasteiger partial charge in [0.05, 0.1) is 17.7 Å². The smallest absolute Gasteiger partial charge is 0.416 e.